The number of carbonyl (C=O) groups is 1. The molecule has 2 aromatic rings. The number of carbonyl (C=O) groups excluding carboxylic acids is 1. The zero-order chi connectivity index (χ0) is 13.8. The predicted octanol–water partition coefficient (Wildman–Crippen LogP) is 0.940. The second-order valence-corrected chi connectivity index (χ2v) is 4.50. The summed E-state index contributed by atoms with van der Waals surface area (Å²) in [7, 11) is 3.94. The van der Waals surface area contributed by atoms with E-state index in [4.69, 9.17) is 0 Å². The van der Waals surface area contributed by atoms with Crippen molar-refractivity contribution >= 4 is 11.7 Å². The average Bonchev–Trinajstić information content (AvgIpc) is 2.96. The highest BCUT2D eigenvalue weighted by Gasteiger charge is 2.12. The van der Waals surface area contributed by atoms with Crippen molar-refractivity contribution in [3.63, 3.8) is 0 Å². The monoisotopic (exact) mass is 262 g/mol. The zero-order valence-corrected chi connectivity index (χ0v) is 11.3. The lowest BCUT2D eigenvalue weighted by Gasteiger charge is -2.05. The van der Waals surface area contributed by atoms with Crippen LogP contribution < -0.4 is 5.32 Å². The maximum Gasteiger partial charge on any atom is 0.275 e. The minimum Gasteiger partial charge on any atom is -0.304 e. The molecule has 7 nitrogen and oxygen atoms in total. The first-order chi connectivity index (χ1) is 9.10. The molecule has 19 heavy (non-hydrogen) atoms. The van der Waals surface area contributed by atoms with Gasteiger partial charge in [0.2, 0.25) is 0 Å². The highest BCUT2D eigenvalue weighted by Crippen LogP contribution is 2.09. The van der Waals surface area contributed by atoms with Crippen molar-refractivity contribution < 1.29 is 4.79 Å². The van der Waals surface area contributed by atoms with Gasteiger partial charge >= 0.3 is 0 Å². The number of hydrogen-bond acceptors (Lipinski definition) is 4. The molecule has 0 unspecified atom stereocenters. The van der Waals surface area contributed by atoms with Gasteiger partial charge in [-0.25, -0.2) is 0 Å². The molecule has 0 aliphatic rings. The van der Waals surface area contributed by atoms with Crippen LogP contribution in [0.5, 0.6) is 0 Å². The summed E-state index contributed by atoms with van der Waals surface area (Å²) in [5, 5.41) is 13.8. The van der Waals surface area contributed by atoms with E-state index in [-0.39, 0.29) is 5.91 Å². The lowest BCUT2D eigenvalue weighted by Crippen LogP contribution is -2.17. The van der Waals surface area contributed by atoms with Gasteiger partial charge in [-0.3, -0.25) is 14.6 Å². The van der Waals surface area contributed by atoms with E-state index in [0.717, 1.165) is 12.2 Å². The zero-order valence-electron chi connectivity index (χ0n) is 11.3. The molecular formula is C12H18N6O. The van der Waals surface area contributed by atoms with Crippen molar-refractivity contribution in [1.29, 1.82) is 0 Å². The summed E-state index contributed by atoms with van der Waals surface area (Å²) in [6, 6.07) is 3.51. The maximum absolute atomic E-state index is 12.1. The van der Waals surface area contributed by atoms with Gasteiger partial charge in [0.25, 0.3) is 5.91 Å². The minimum absolute atomic E-state index is 0.206. The molecule has 0 saturated heterocycles. The van der Waals surface area contributed by atoms with Crippen molar-refractivity contribution in [2.75, 3.05) is 19.4 Å². The van der Waals surface area contributed by atoms with Crippen LogP contribution in [0.2, 0.25) is 0 Å². The molecule has 2 heterocycles. The van der Waals surface area contributed by atoms with Gasteiger partial charge in [-0.2, -0.15) is 10.2 Å². The Kier molecular flexibility index (Phi) is 3.96. The van der Waals surface area contributed by atoms with E-state index in [0.29, 0.717) is 18.1 Å². The third-order valence-electron chi connectivity index (χ3n) is 2.61. The summed E-state index contributed by atoms with van der Waals surface area (Å²) in [4.78, 5) is 14.1. The molecule has 7 heteroatoms. The largest absolute Gasteiger partial charge is 0.304 e. The van der Waals surface area contributed by atoms with E-state index >= 15 is 0 Å². The second-order valence-electron chi connectivity index (χ2n) is 4.50. The Hall–Kier alpha value is -2.15. The highest BCUT2D eigenvalue weighted by atomic mass is 16.2. The van der Waals surface area contributed by atoms with E-state index in [1.165, 1.54) is 0 Å². The van der Waals surface area contributed by atoms with Crippen LogP contribution >= 0.6 is 0 Å². The third-order valence-corrected chi connectivity index (χ3v) is 2.61. The van der Waals surface area contributed by atoms with E-state index < -0.39 is 0 Å². The first-order valence-electron chi connectivity index (χ1n) is 6.12. The number of rotatable bonds is 5. The van der Waals surface area contributed by atoms with E-state index in [1.54, 1.807) is 16.9 Å². The molecule has 0 atom stereocenters. The van der Waals surface area contributed by atoms with Gasteiger partial charge in [0.15, 0.2) is 5.82 Å². The molecule has 0 aliphatic carbocycles. The lowest BCUT2D eigenvalue weighted by atomic mass is 10.3. The van der Waals surface area contributed by atoms with Crippen LogP contribution in [-0.4, -0.2) is 44.9 Å². The smallest absolute Gasteiger partial charge is 0.275 e. The van der Waals surface area contributed by atoms with Crippen molar-refractivity contribution in [3.8, 4) is 0 Å². The van der Waals surface area contributed by atoms with E-state index in [2.05, 4.69) is 20.6 Å². The molecule has 1 amide bonds. The molecule has 2 N–H and O–H groups in total. The molecule has 102 valence electrons. The van der Waals surface area contributed by atoms with Gasteiger partial charge < -0.3 is 10.2 Å². The molecule has 0 spiro atoms. The van der Waals surface area contributed by atoms with Crippen LogP contribution in [0.1, 0.15) is 23.1 Å². The fourth-order valence-electron chi connectivity index (χ4n) is 1.81. The predicted molar refractivity (Wildman–Crippen MR) is 71.8 cm³/mol. The fraction of sp³-hybridized carbons (Fsp3) is 0.417. The minimum atomic E-state index is -0.206. The van der Waals surface area contributed by atoms with Crippen LogP contribution in [0.25, 0.3) is 0 Å². The maximum atomic E-state index is 12.1. The van der Waals surface area contributed by atoms with Crippen molar-refractivity contribution in [2.24, 2.45) is 0 Å². The van der Waals surface area contributed by atoms with Crippen molar-refractivity contribution in [2.45, 2.75) is 20.0 Å². The van der Waals surface area contributed by atoms with Crippen molar-refractivity contribution in [3.05, 3.63) is 29.7 Å². The number of H-pyrrole nitrogens is 1. The molecule has 0 aromatic carbocycles. The highest BCUT2D eigenvalue weighted by molar-refractivity contribution is 6.02. The van der Waals surface area contributed by atoms with E-state index in [1.807, 2.05) is 32.0 Å². The van der Waals surface area contributed by atoms with Crippen LogP contribution in [0.4, 0.5) is 5.82 Å². The topological polar surface area (TPSA) is 78.8 Å². The molecule has 0 saturated carbocycles. The number of hydrogen-bond donors (Lipinski definition) is 2. The standard InChI is InChI=1S/C12H18N6O/c1-4-18-10(5-6-13-18)12(19)14-11-7-9(15-16-11)8-17(2)3/h5-7H,4,8H2,1-3H3,(H2,14,15,16,19). The van der Waals surface area contributed by atoms with Crippen LogP contribution in [0.3, 0.4) is 0 Å². The Morgan fingerprint density at radius 1 is 1.53 bits per heavy atom. The lowest BCUT2D eigenvalue weighted by molar-refractivity contribution is 0.101. The van der Waals surface area contributed by atoms with Gasteiger partial charge in [0, 0.05) is 25.4 Å². The normalized spacial score (nSPS) is 10.9. The Balaban J connectivity index is 2.05. The quantitative estimate of drug-likeness (QED) is 0.840. The summed E-state index contributed by atoms with van der Waals surface area (Å²) in [6.45, 7) is 3.34. The van der Waals surface area contributed by atoms with E-state index in [9.17, 15) is 4.79 Å². The molecule has 0 fully saturated rings. The Bertz CT molecular complexity index is 556. The summed E-state index contributed by atoms with van der Waals surface area (Å²) < 4.78 is 1.64. The summed E-state index contributed by atoms with van der Waals surface area (Å²) in [5.74, 6) is 0.313. The Labute approximate surface area is 111 Å². The average molecular weight is 262 g/mol. The van der Waals surface area contributed by atoms with Gasteiger partial charge in [0.05, 0.1) is 5.69 Å². The number of amides is 1. The number of aryl methyl sites for hydroxylation is 1. The number of aromatic amines is 1. The molecule has 0 aliphatic heterocycles. The number of nitrogens with one attached hydrogen (secondary N) is 2. The molecule has 2 rings (SSSR count). The van der Waals surface area contributed by atoms with Gasteiger partial charge in [-0.1, -0.05) is 0 Å². The molecule has 0 bridgehead atoms. The SMILES string of the molecule is CCn1nccc1C(=O)Nc1cc(CN(C)C)[nH]n1. The van der Waals surface area contributed by atoms with Crippen LogP contribution in [-0.2, 0) is 13.1 Å². The van der Waals surface area contributed by atoms with Gasteiger partial charge in [-0.05, 0) is 27.1 Å². The third kappa shape index (κ3) is 3.19. The van der Waals surface area contributed by atoms with Gasteiger partial charge in [-0.15, -0.1) is 0 Å². The number of anilines is 1. The van der Waals surface area contributed by atoms with Gasteiger partial charge in [0.1, 0.15) is 5.69 Å². The summed E-state index contributed by atoms with van der Waals surface area (Å²) in [5.41, 5.74) is 1.48. The van der Waals surface area contributed by atoms with Crippen LogP contribution in [0, 0.1) is 0 Å². The summed E-state index contributed by atoms with van der Waals surface area (Å²) in [6.07, 6.45) is 1.61. The first-order valence-corrected chi connectivity index (χ1v) is 6.12. The Morgan fingerprint density at radius 2 is 2.32 bits per heavy atom. The fourth-order valence-corrected chi connectivity index (χ4v) is 1.81. The number of nitrogens with zero attached hydrogens (tertiary/aromatic N) is 4. The first kappa shape index (κ1) is 13.3. The summed E-state index contributed by atoms with van der Waals surface area (Å²) >= 11 is 0. The second kappa shape index (κ2) is 5.66. The van der Waals surface area contributed by atoms with Crippen molar-refractivity contribution in [1.82, 2.24) is 24.9 Å². The molecule has 0 radical (unpaired) electrons. The molecule has 2 aromatic heterocycles. The molecular weight excluding hydrogens is 244 g/mol. The Morgan fingerprint density at radius 3 is 3.00 bits per heavy atom. The number of aromatic nitrogens is 4. The van der Waals surface area contributed by atoms with Crippen LogP contribution in [0.15, 0.2) is 18.3 Å².